The molecule has 6 heteroatoms. The molecule has 1 aromatic rings. The first-order valence-corrected chi connectivity index (χ1v) is 5.53. The number of amides is 1. The fraction of sp³-hybridized carbons (Fsp3) is 0.364. The van der Waals surface area contributed by atoms with Crippen LogP contribution in [0.15, 0.2) is 18.2 Å². The Hall–Kier alpha value is -2.11. The smallest absolute Gasteiger partial charge is 0.271 e. The van der Waals surface area contributed by atoms with Crippen LogP contribution in [0.25, 0.3) is 0 Å². The number of fused-ring (bicyclic) bond motifs is 3. The van der Waals surface area contributed by atoms with Crippen LogP contribution < -0.4 is 10.2 Å². The molecule has 1 N–H and O–H groups in total. The van der Waals surface area contributed by atoms with E-state index in [1.54, 1.807) is 6.07 Å². The number of carbonyl (C=O) groups excluding carboxylic acids is 1. The molecule has 2 heterocycles. The van der Waals surface area contributed by atoms with Gasteiger partial charge in [-0.1, -0.05) is 0 Å². The van der Waals surface area contributed by atoms with Gasteiger partial charge in [0.2, 0.25) is 5.91 Å². The standard InChI is InChI=1S/C11H11N3O3/c15-11-10-2-1-5-13(10)9-4-3-7(14(16)17)6-8(9)12-11/h3-4,6,10H,1-2,5H2,(H,12,15)/t10-/m0/s1. The number of benzene rings is 1. The topological polar surface area (TPSA) is 75.5 Å². The molecule has 1 amide bonds. The van der Waals surface area contributed by atoms with Crippen molar-refractivity contribution in [3.05, 3.63) is 28.3 Å². The normalized spacial score (nSPS) is 21.8. The van der Waals surface area contributed by atoms with E-state index < -0.39 is 4.92 Å². The van der Waals surface area contributed by atoms with Crippen molar-refractivity contribution in [3.63, 3.8) is 0 Å². The van der Waals surface area contributed by atoms with E-state index >= 15 is 0 Å². The molecule has 1 aromatic carbocycles. The maximum atomic E-state index is 11.8. The van der Waals surface area contributed by atoms with Gasteiger partial charge >= 0.3 is 0 Å². The lowest BCUT2D eigenvalue weighted by atomic mass is 10.1. The highest BCUT2D eigenvalue weighted by Gasteiger charge is 2.36. The van der Waals surface area contributed by atoms with Crippen molar-refractivity contribution in [2.75, 3.05) is 16.8 Å². The van der Waals surface area contributed by atoms with Crippen LogP contribution in [0.2, 0.25) is 0 Å². The predicted octanol–water partition coefficient (Wildman–Crippen LogP) is 1.52. The van der Waals surface area contributed by atoms with Crippen LogP contribution in [-0.4, -0.2) is 23.4 Å². The van der Waals surface area contributed by atoms with Gasteiger partial charge < -0.3 is 10.2 Å². The summed E-state index contributed by atoms with van der Waals surface area (Å²) in [7, 11) is 0. The molecule has 0 saturated carbocycles. The summed E-state index contributed by atoms with van der Waals surface area (Å²) in [5, 5.41) is 13.4. The molecule has 0 radical (unpaired) electrons. The zero-order chi connectivity index (χ0) is 12.0. The van der Waals surface area contributed by atoms with Crippen molar-refractivity contribution in [1.82, 2.24) is 0 Å². The highest BCUT2D eigenvalue weighted by Crippen LogP contribution is 2.38. The van der Waals surface area contributed by atoms with E-state index in [2.05, 4.69) is 5.32 Å². The molecule has 88 valence electrons. The average molecular weight is 233 g/mol. The van der Waals surface area contributed by atoms with Gasteiger partial charge in [0.1, 0.15) is 6.04 Å². The van der Waals surface area contributed by atoms with Crippen molar-refractivity contribution in [2.24, 2.45) is 0 Å². The second-order valence-electron chi connectivity index (χ2n) is 4.30. The Labute approximate surface area is 97.4 Å². The summed E-state index contributed by atoms with van der Waals surface area (Å²) < 4.78 is 0. The summed E-state index contributed by atoms with van der Waals surface area (Å²) in [5.74, 6) is -0.0597. The van der Waals surface area contributed by atoms with Crippen LogP contribution >= 0.6 is 0 Å². The minimum atomic E-state index is -0.456. The van der Waals surface area contributed by atoms with Gasteiger partial charge in [0.25, 0.3) is 5.69 Å². The Morgan fingerprint density at radius 2 is 2.29 bits per heavy atom. The molecular weight excluding hydrogens is 222 g/mol. The highest BCUT2D eigenvalue weighted by molar-refractivity contribution is 6.04. The second kappa shape index (κ2) is 3.44. The minimum absolute atomic E-state index is 0.00157. The van der Waals surface area contributed by atoms with E-state index in [-0.39, 0.29) is 17.6 Å². The Balaban J connectivity index is 2.07. The molecule has 0 aliphatic carbocycles. The predicted molar refractivity (Wildman–Crippen MR) is 62.1 cm³/mol. The van der Waals surface area contributed by atoms with Crippen LogP contribution in [0.5, 0.6) is 0 Å². The Morgan fingerprint density at radius 1 is 1.47 bits per heavy atom. The van der Waals surface area contributed by atoms with Crippen molar-refractivity contribution in [3.8, 4) is 0 Å². The van der Waals surface area contributed by atoms with E-state index in [9.17, 15) is 14.9 Å². The summed E-state index contributed by atoms with van der Waals surface area (Å²) in [6.07, 6.45) is 1.83. The lowest BCUT2D eigenvalue weighted by Gasteiger charge is -2.32. The first-order chi connectivity index (χ1) is 8.16. The molecule has 1 saturated heterocycles. The molecule has 1 atom stereocenters. The molecule has 0 spiro atoms. The summed E-state index contributed by atoms with van der Waals surface area (Å²) in [4.78, 5) is 24.0. The summed E-state index contributed by atoms with van der Waals surface area (Å²) in [6, 6.07) is 4.50. The van der Waals surface area contributed by atoms with Gasteiger partial charge in [-0.05, 0) is 18.9 Å². The zero-order valence-corrected chi connectivity index (χ0v) is 9.05. The number of rotatable bonds is 1. The summed E-state index contributed by atoms with van der Waals surface area (Å²) in [5.41, 5.74) is 1.43. The fourth-order valence-corrected chi connectivity index (χ4v) is 2.53. The third kappa shape index (κ3) is 1.44. The number of hydrogen-bond acceptors (Lipinski definition) is 4. The monoisotopic (exact) mass is 233 g/mol. The lowest BCUT2D eigenvalue weighted by molar-refractivity contribution is -0.384. The van der Waals surface area contributed by atoms with Gasteiger partial charge in [-0.25, -0.2) is 0 Å². The van der Waals surface area contributed by atoms with E-state index in [0.717, 1.165) is 25.1 Å². The molecule has 0 unspecified atom stereocenters. The maximum Gasteiger partial charge on any atom is 0.271 e. The molecule has 17 heavy (non-hydrogen) atoms. The number of carbonyl (C=O) groups is 1. The van der Waals surface area contributed by atoms with Gasteiger partial charge in [0.15, 0.2) is 0 Å². The second-order valence-corrected chi connectivity index (χ2v) is 4.30. The molecule has 0 bridgehead atoms. The SMILES string of the molecule is O=C1Nc2cc([N+](=O)[O-])ccc2N2CCC[C@@H]12. The number of anilines is 2. The van der Waals surface area contributed by atoms with E-state index in [1.165, 1.54) is 12.1 Å². The van der Waals surface area contributed by atoms with E-state index in [4.69, 9.17) is 0 Å². The van der Waals surface area contributed by atoms with Crippen molar-refractivity contribution < 1.29 is 9.72 Å². The average Bonchev–Trinajstić information content (AvgIpc) is 2.78. The highest BCUT2D eigenvalue weighted by atomic mass is 16.6. The van der Waals surface area contributed by atoms with Crippen LogP contribution in [0.1, 0.15) is 12.8 Å². The third-order valence-corrected chi connectivity index (χ3v) is 3.31. The first kappa shape index (κ1) is 10.1. The van der Waals surface area contributed by atoms with Gasteiger partial charge in [-0.3, -0.25) is 14.9 Å². The molecule has 2 aliphatic heterocycles. The fourth-order valence-electron chi connectivity index (χ4n) is 2.53. The van der Waals surface area contributed by atoms with Gasteiger partial charge in [-0.15, -0.1) is 0 Å². The molecule has 0 aromatic heterocycles. The molecule has 3 rings (SSSR count). The summed E-state index contributed by atoms with van der Waals surface area (Å²) in [6.45, 7) is 0.836. The Bertz CT molecular complexity index is 515. The number of nitro benzene ring substituents is 1. The number of nitro groups is 1. The van der Waals surface area contributed by atoms with E-state index in [0.29, 0.717) is 5.69 Å². The molecule has 1 fully saturated rings. The van der Waals surface area contributed by atoms with E-state index in [1.807, 2.05) is 4.90 Å². The Morgan fingerprint density at radius 3 is 3.06 bits per heavy atom. The van der Waals surface area contributed by atoms with Crippen molar-refractivity contribution >= 4 is 23.0 Å². The zero-order valence-electron chi connectivity index (χ0n) is 9.05. The van der Waals surface area contributed by atoms with Crippen LogP contribution in [-0.2, 0) is 4.79 Å². The lowest BCUT2D eigenvalue weighted by Crippen LogP contribution is -2.43. The summed E-state index contributed by atoms with van der Waals surface area (Å²) >= 11 is 0. The number of hydrogen-bond donors (Lipinski definition) is 1. The maximum absolute atomic E-state index is 11.8. The molecule has 2 aliphatic rings. The number of non-ortho nitro benzene ring substituents is 1. The van der Waals surface area contributed by atoms with Crippen LogP contribution in [0, 0.1) is 10.1 Å². The van der Waals surface area contributed by atoms with Gasteiger partial charge in [0.05, 0.1) is 16.3 Å². The Kier molecular flexibility index (Phi) is 2.04. The number of nitrogens with zero attached hydrogens (tertiary/aromatic N) is 2. The van der Waals surface area contributed by atoms with Crippen LogP contribution in [0.3, 0.4) is 0 Å². The van der Waals surface area contributed by atoms with Gasteiger partial charge in [-0.2, -0.15) is 0 Å². The van der Waals surface area contributed by atoms with Crippen molar-refractivity contribution in [2.45, 2.75) is 18.9 Å². The number of nitrogens with one attached hydrogen (secondary N) is 1. The van der Waals surface area contributed by atoms with Crippen LogP contribution in [0.4, 0.5) is 17.1 Å². The third-order valence-electron chi connectivity index (χ3n) is 3.31. The van der Waals surface area contributed by atoms with Gasteiger partial charge in [0, 0.05) is 18.7 Å². The molecule has 6 nitrogen and oxygen atoms in total. The quantitative estimate of drug-likeness (QED) is 0.589. The largest absolute Gasteiger partial charge is 0.358 e. The first-order valence-electron chi connectivity index (χ1n) is 5.53. The minimum Gasteiger partial charge on any atom is -0.358 e. The molecular formula is C11H11N3O3. The van der Waals surface area contributed by atoms with Crippen molar-refractivity contribution in [1.29, 1.82) is 0 Å².